The first-order valence-electron chi connectivity index (χ1n) is 7.24. The summed E-state index contributed by atoms with van der Waals surface area (Å²) in [6.45, 7) is 7.01. The number of imidazole rings is 1. The summed E-state index contributed by atoms with van der Waals surface area (Å²) < 4.78 is 3.94. The number of aromatic nitrogens is 6. The van der Waals surface area contributed by atoms with Gasteiger partial charge in [0.25, 0.3) is 0 Å². The highest BCUT2D eigenvalue weighted by atomic mass is 15.3. The molecule has 3 aromatic rings. The van der Waals surface area contributed by atoms with Gasteiger partial charge in [0.1, 0.15) is 18.0 Å². The molecule has 0 aliphatic rings. The standard InChI is InChI=1S/C15H21N7/c1-15(2,3)22-14-11(8-19-22)13(17-10-18-14)21(5)9-12-16-6-7-20(12)4/h6-8,10H,9H2,1-5H3. The third-order valence-corrected chi connectivity index (χ3v) is 3.64. The summed E-state index contributed by atoms with van der Waals surface area (Å²) in [5.41, 5.74) is 0.732. The van der Waals surface area contributed by atoms with Gasteiger partial charge in [0.15, 0.2) is 5.65 Å². The van der Waals surface area contributed by atoms with Crippen LogP contribution in [0.25, 0.3) is 11.0 Å². The molecule has 7 nitrogen and oxygen atoms in total. The quantitative estimate of drug-likeness (QED) is 0.739. The van der Waals surface area contributed by atoms with E-state index in [1.165, 1.54) is 0 Å². The molecule has 0 saturated carbocycles. The van der Waals surface area contributed by atoms with Crippen molar-refractivity contribution in [1.29, 1.82) is 0 Å². The largest absolute Gasteiger partial charge is 0.351 e. The van der Waals surface area contributed by atoms with Gasteiger partial charge in [-0.15, -0.1) is 0 Å². The van der Waals surface area contributed by atoms with E-state index in [-0.39, 0.29) is 5.54 Å². The molecule has 0 spiro atoms. The lowest BCUT2D eigenvalue weighted by Crippen LogP contribution is -2.24. The molecule has 0 aliphatic heterocycles. The number of rotatable bonds is 3. The summed E-state index contributed by atoms with van der Waals surface area (Å²) in [5.74, 6) is 1.85. The predicted molar refractivity (Wildman–Crippen MR) is 85.6 cm³/mol. The van der Waals surface area contributed by atoms with Crippen molar-refractivity contribution in [2.45, 2.75) is 32.9 Å². The molecular weight excluding hydrogens is 278 g/mol. The van der Waals surface area contributed by atoms with Crippen LogP contribution in [-0.4, -0.2) is 36.3 Å². The van der Waals surface area contributed by atoms with Gasteiger partial charge in [-0.25, -0.2) is 19.6 Å². The highest BCUT2D eigenvalue weighted by molar-refractivity contribution is 5.86. The number of nitrogens with zero attached hydrogens (tertiary/aromatic N) is 7. The zero-order valence-corrected chi connectivity index (χ0v) is 13.6. The number of aryl methyl sites for hydroxylation is 1. The third-order valence-electron chi connectivity index (χ3n) is 3.64. The molecule has 116 valence electrons. The van der Waals surface area contributed by atoms with Gasteiger partial charge in [0, 0.05) is 26.5 Å². The van der Waals surface area contributed by atoms with Crippen molar-refractivity contribution in [2.24, 2.45) is 7.05 Å². The average molecular weight is 299 g/mol. The van der Waals surface area contributed by atoms with Crippen LogP contribution in [0.4, 0.5) is 5.82 Å². The SMILES string of the molecule is CN(Cc1nccn1C)c1ncnc2c1cnn2C(C)(C)C. The fourth-order valence-corrected chi connectivity index (χ4v) is 2.46. The van der Waals surface area contributed by atoms with Crippen LogP contribution in [0.15, 0.2) is 24.9 Å². The van der Waals surface area contributed by atoms with E-state index in [1.54, 1.807) is 12.5 Å². The molecule has 7 heteroatoms. The van der Waals surface area contributed by atoms with Crippen molar-refractivity contribution < 1.29 is 0 Å². The minimum absolute atomic E-state index is 0.119. The highest BCUT2D eigenvalue weighted by Gasteiger charge is 2.20. The molecule has 3 aromatic heterocycles. The third kappa shape index (κ3) is 2.43. The predicted octanol–water partition coefficient (Wildman–Crippen LogP) is 1.95. The van der Waals surface area contributed by atoms with E-state index in [2.05, 4.69) is 45.7 Å². The fourth-order valence-electron chi connectivity index (χ4n) is 2.46. The van der Waals surface area contributed by atoms with E-state index in [9.17, 15) is 0 Å². The molecule has 3 heterocycles. The maximum absolute atomic E-state index is 4.49. The number of fused-ring (bicyclic) bond motifs is 1. The second-order valence-electron chi connectivity index (χ2n) is 6.47. The topological polar surface area (TPSA) is 64.7 Å². The summed E-state index contributed by atoms with van der Waals surface area (Å²) in [4.78, 5) is 15.3. The van der Waals surface area contributed by atoms with E-state index in [0.717, 1.165) is 22.7 Å². The Hall–Kier alpha value is -2.44. The van der Waals surface area contributed by atoms with E-state index in [4.69, 9.17) is 0 Å². The highest BCUT2D eigenvalue weighted by Crippen LogP contribution is 2.26. The van der Waals surface area contributed by atoms with Crippen LogP contribution in [0.5, 0.6) is 0 Å². The lowest BCUT2D eigenvalue weighted by atomic mass is 10.1. The Morgan fingerprint density at radius 3 is 2.59 bits per heavy atom. The van der Waals surface area contributed by atoms with Crippen molar-refractivity contribution >= 4 is 16.9 Å². The van der Waals surface area contributed by atoms with Gasteiger partial charge >= 0.3 is 0 Å². The Balaban J connectivity index is 2.01. The van der Waals surface area contributed by atoms with Crippen LogP contribution >= 0.6 is 0 Å². The van der Waals surface area contributed by atoms with Crippen molar-refractivity contribution in [3.8, 4) is 0 Å². The Bertz CT molecular complexity index is 794. The van der Waals surface area contributed by atoms with E-state index in [1.807, 2.05) is 35.7 Å². The van der Waals surface area contributed by atoms with Crippen molar-refractivity contribution in [1.82, 2.24) is 29.3 Å². The van der Waals surface area contributed by atoms with Crippen LogP contribution in [0.3, 0.4) is 0 Å². The van der Waals surface area contributed by atoms with Crippen molar-refractivity contribution in [3.63, 3.8) is 0 Å². The van der Waals surface area contributed by atoms with Crippen LogP contribution in [0.2, 0.25) is 0 Å². The Morgan fingerprint density at radius 1 is 1.18 bits per heavy atom. The van der Waals surface area contributed by atoms with Crippen molar-refractivity contribution in [2.75, 3.05) is 11.9 Å². The fraction of sp³-hybridized carbons (Fsp3) is 0.467. The van der Waals surface area contributed by atoms with Gasteiger partial charge in [-0.1, -0.05) is 0 Å². The van der Waals surface area contributed by atoms with Gasteiger partial charge in [-0.3, -0.25) is 0 Å². The monoisotopic (exact) mass is 299 g/mol. The average Bonchev–Trinajstić information content (AvgIpc) is 3.04. The Kier molecular flexibility index (Phi) is 3.35. The Labute approximate surface area is 129 Å². The van der Waals surface area contributed by atoms with E-state index < -0.39 is 0 Å². The summed E-state index contributed by atoms with van der Waals surface area (Å²) in [5, 5.41) is 5.44. The molecule has 0 saturated heterocycles. The molecular formula is C15H21N7. The number of hydrogen-bond acceptors (Lipinski definition) is 5. The van der Waals surface area contributed by atoms with Crippen LogP contribution in [-0.2, 0) is 19.1 Å². The van der Waals surface area contributed by atoms with Gasteiger partial charge < -0.3 is 9.47 Å². The van der Waals surface area contributed by atoms with Gasteiger partial charge in [-0.2, -0.15) is 5.10 Å². The van der Waals surface area contributed by atoms with E-state index in [0.29, 0.717) is 6.54 Å². The molecule has 0 unspecified atom stereocenters. The molecule has 22 heavy (non-hydrogen) atoms. The maximum Gasteiger partial charge on any atom is 0.163 e. The smallest absolute Gasteiger partial charge is 0.163 e. The molecule has 0 radical (unpaired) electrons. The minimum atomic E-state index is -0.119. The minimum Gasteiger partial charge on any atom is -0.351 e. The van der Waals surface area contributed by atoms with Crippen LogP contribution in [0, 0.1) is 0 Å². The van der Waals surface area contributed by atoms with Crippen LogP contribution in [0.1, 0.15) is 26.6 Å². The molecule has 0 fully saturated rings. The molecule has 0 atom stereocenters. The lowest BCUT2D eigenvalue weighted by Gasteiger charge is -2.21. The zero-order chi connectivity index (χ0) is 15.9. The molecule has 0 aromatic carbocycles. The molecule has 0 aliphatic carbocycles. The van der Waals surface area contributed by atoms with Crippen molar-refractivity contribution in [3.05, 3.63) is 30.7 Å². The summed E-state index contributed by atoms with van der Waals surface area (Å²) >= 11 is 0. The summed E-state index contributed by atoms with van der Waals surface area (Å²) in [7, 11) is 3.99. The normalized spacial score (nSPS) is 12.0. The molecule has 3 rings (SSSR count). The van der Waals surface area contributed by atoms with Gasteiger partial charge in [0.05, 0.1) is 23.7 Å². The first-order valence-corrected chi connectivity index (χ1v) is 7.24. The van der Waals surface area contributed by atoms with Gasteiger partial charge in [0.2, 0.25) is 0 Å². The van der Waals surface area contributed by atoms with Gasteiger partial charge in [-0.05, 0) is 20.8 Å². The molecule has 0 amide bonds. The molecule has 0 N–H and O–H groups in total. The maximum atomic E-state index is 4.49. The second-order valence-corrected chi connectivity index (χ2v) is 6.47. The number of anilines is 1. The first kappa shape index (κ1) is 14.5. The Morgan fingerprint density at radius 2 is 1.95 bits per heavy atom. The summed E-state index contributed by atoms with van der Waals surface area (Å²) in [6, 6.07) is 0. The number of hydrogen-bond donors (Lipinski definition) is 0. The molecule has 0 bridgehead atoms. The summed E-state index contributed by atoms with van der Waals surface area (Å²) in [6.07, 6.45) is 7.17. The zero-order valence-electron chi connectivity index (χ0n) is 13.6. The van der Waals surface area contributed by atoms with E-state index >= 15 is 0 Å². The van der Waals surface area contributed by atoms with Crippen LogP contribution < -0.4 is 4.90 Å². The first-order chi connectivity index (χ1) is 10.4. The second kappa shape index (κ2) is 5.08. The lowest BCUT2D eigenvalue weighted by molar-refractivity contribution is 0.366.